The Morgan fingerprint density at radius 1 is 0.537 bits per heavy atom. The number of hydrogen-bond acceptors (Lipinski definition) is 1. The summed E-state index contributed by atoms with van der Waals surface area (Å²) in [4.78, 5) is 0. The first-order valence-electron chi connectivity index (χ1n) is 15.5. The van der Waals surface area contributed by atoms with E-state index in [-0.39, 0.29) is 12.2 Å². The highest BCUT2D eigenvalue weighted by Gasteiger charge is 2.28. The molecule has 208 valence electrons. The van der Waals surface area contributed by atoms with Crippen molar-refractivity contribution in [1.29, 1.82) is 0 Å². The summed E-state index contributed by atoms with van der Waals surface area (Å²) in [5, 5.41) is 0. The summed E-state index contributed by atoms with van der Waals surface area (Å²) in [7, 11) is 0. The highest BCUT2D eigenvalue weighted by Crippen LogP contribution is 2.41. The zero-order valence-corrected chi connectivity index (χ0v) is 24.3. The van der Waals surface area contributed by atoms with Crippen LogP contribution in [0.2, 0.25) is 0 Å². The van der Waals surface area contributed by atoms with Gasteiger partial charge in [-0.1, -0.05) is 97.1 Å². The second kappa shape index (κ2) is 12.9. The molecule has 0 amide bonds. The van der Waals surface area contributed by atoms with Crippen molar-refractivity contribution in [2.75, 3.05) is 0 Å². The van der Waals surface area contributed by atoms with Crippen molar-refractivity contribution in [3.05, 3.63) is 166 Å². The van der Waals surface area contributed by atoms with Gasteiger partial charge in [-0.3, -0.25) is 0 Å². The van der Waals surface area contributed by atoms with Crippen molar-refractivity contribution < 1.29 is 4.74 Å². The van der Waals surface area contributed by atoms with Crippen LogP contribution in [0.15, 0.2) is 110 Å². The Morgan fingerprint density at radius 3 is 1.27 bits per heavy atom. The lowest BCUT2D eigenvalue weighted by atomic mass is 9.83. The van der Waals surface area contributed by atoms with Gasteiger partial charge in [0.05, 0.1) is 0 Å². The number of aryl methyl sites for hydroxylation is 4. The molecular formula is C40H42O. The van der Waals surface area contributed by atoms with E-state index in [1.54, 1.807) is 0 Å². The minimum Gasteiger partial charge on any atom is -0.356 e. The Labute approximate surface area is 246 Å². The summed E-state index contributed by atoms with van der Waals surface area (Å²) in [6.45, 7) is 8.24. The molecule has 0 radical (unpaired) electrons. The van der Waals surface area contributed by atoms with Crippen molar-refractivity contribution in [3.63, 3.8) is 0 Å². The van der Waals surface area contributed by atoms with Gasteiger partial charge in [0.15, 0.2) is 0 Å². The third-order valence-corrected chi connectivity index (χ3v) is 8.98. The Balaban J connectivity index is 1.53. The maximum Gasteiger partial charge on any atom is 0.109 e. The van der Waals surface area contributed by atoms with Crippen molar-refractivity contribution >= 4 is 0 Å². The van der Waals surface area contributed by atoms with Gasteiger partial charge in [0, 0.05) is 0 Å². The molecule has 1 nitrogen and oxygen atoms in total. The molecule has 0 saturated carbocycles. The summed E-state index contributed by atoms with van der Waals surface area (Å²) < 4.78 is 7.48. The summed E-state index contributed by atoms with van der Waals surface area (Å²) in [5.74, 6) is 0. The molecule has 0 N–H and O–H groups in total. The third-order valence-electron chi connectivity index (χ3n) is 8.98. The van der Waals surface area contributed by atoms with Crippen LogP contribution >= 0.6 is 0 Å². The SMILES string of the molecule is C=CCc1cc2c(cc1C(OC(c1ccccc1)c1cc3c(cc1CC=C)CCCC3)c1ccccc1)CCCC2. The van der Waals surface area contributed by atoms with E-state index in [9.17, 15) is 0 Å². The molecule has 0 heterocycles. The number of allylic oxidation sites excluding steroid dienone is 2. The van der Waals surface area contributed by atoms with E-state index in [2.05, 4.69) is 98.1 Å². The van der Waals surface area contributed by atoms with Crippen LogP contribution < -0.4 is 0 Å². The quantitative estimate of drug-likeness (QED) is 0.183. The van der Waals surface area contributed by atoms with Gasteiger partial charge in [-0.2, -0.15) is 0 Å². The van der Waals surface area contributed by atoms with Crippen LogP contribution in [-0.2, 0) is 43.3 Å². The van der Waals surface area contributed by atoms with Crippen LogP contribution in [-0.4, -0.2) is 0 Å². The number of hydrogen-bond donors (Lipinski definition) is 0. The number of fused-ring (bicyclic) bond motifs is 2. The zero-order chi connectivity index (χ0) is 28.0. The maximum atomic E-state index is 7.48. The lowest BCUT2D eigenvalue weighted by Gasteiger charge is -2.31. The van der Waals surface area contributed by atoms with E-state index in [0.29, 0.717) is 0 Å². The minimum absolute atomic E-state index is 0.198. The molecule has 0 aliphatic heterocycles. The number of ether oxygens (including phenoxy) is 1. The average molecular weight is 539 g/mol. The molecule has 2 atom stereocenters. The van der Waals surface area contributed by atoms with E-state index < -0.39 is 0 Å². The molecule has 0 fully saturated rings. The predicted octanol–water partition coefficient (Wildman–Crippen LogP) is 9.80. The first-order valence-corrected chi connectivity index (χ1v) is 15.5. The predicted molar refractivity (Wildman–Crippen MR) is 172 cm³/mol. The van der Waals surface area contributed by atoms with Gasteiger partial charge in [0.25, 0.3) is 0 Å². The molecule has 0 bridgehead atoms. The number of benzene rings is 4. The summed E-state index contributed by atoms with van der Waals surface area (Å²) in [6.07, 6.45) is 15.1. The second-order valence-electron chi connectivity index (χ2n) is 11.8. The fraction of sp³-hybridized carbons (Fsp3) is 0.300. The van der Waals surface area contributed by atoms with Crippen molar-refractivity contribution in [2.24, 2.45) is 0 Å². The van der Waals surface area contributed by atoms with Crippen LogP contribution in [0.3, 0.4) is 0 Å². The monoisotopic (exact) mass is 538 g/mol. The highest BCUT2D eigenvalue weighted by molar-refractivity contribution is 5.47. The van der Waals surface area contributed by atoms with Crippen LogP contribution in [0.5, 0.6) is 0 Å². The van der Waals surface area contributed by atoms with Gasteiger partial charge >= 0.3 is 0 Å². The van der Waals surface area contributed by atoms with E-state index in [1.807, 2.05) is 12.2 Å². The molecule has 1 heteroatoms. The lowest BCUT2D eigenvalue weighted by molar-refractivity contribution is 0.0299. The zero-order valence-electron chi connectivity index (χ0n) is 24.3. The fourth-order valence-electron chi connectivity index (χ4n) is 6.92. The largest absolute Gasteiger partial charge is 0.356 e. The van der Waals surface area contributed by atoms with Crippen LogP contribution in [0.25, 0.3) is 0 Å². The Morgan fingerprint density at radius 2 is 0.902 bits per heavy atom. The van der Waals surface area contributed by atoms with Gasteiger partial charge in [0.2, 0.25) is 0 Å². The van der Waals surface area contributed by atoms with Crippen molar-refractivity contribution in [1.82, 2.24) is 0 Å². The van der Waals surface area contributed by atoms with E-state index in [4.69, 9.17) is 4.74 Å². The lowest BCUT2D eigenvalue weighted by Crippen LogP contribution is -2.18. The molecule has 4 aromatic carbocycles. The topological polar surface area (TPSA) is 9.23 Å². The van der Waals surface area contributed by atoms with Crippen LogP contribution in [0.1, 0.15) is 93.5 Å². The van der Waals surface area contributed by atoms with Gasteiger partial charge < -0.3 is 4.74 Å². The Bertz CT molecular complexity index is 1380. The molecule has 2 aliphatic rings. The molecule has 0 spiro atoms. The highest BCUT2D eigenvalue weighted by atomic mass is 16.5. The van der Waals surface area contributed by atoms with E-state index >= 15 is 0 Å². The summed E-state index contributed by atoms with van der Waals surface area (Å²) >= 11 is 0. The molecule has 2 aliphatic carbocycles. The van der Waals surface area contributed by atoms with Gasteiger partial charge in [-0.25, -0.2) is 0 Å². The Hall–Kier alpha value is -3.68. The summed E-state index contributed by atoms with van der Waals surface area (Å²) in [6, 6.07) is 31.5. The minimum atomic E-state index is -0.198. The molecule has 41 heavy (non-hydrogen) atoms. The second-order valence-corrected chi connectivity index (χ2v) is 11.8. The van der Waals surface area contributed by atoms with Crippen molar-refractivity contribution in [3.8, 4) is 0 Å². The first-order chi connectivity index (χ1) is 20.2. The molecule has 2 unspecified atom stereocenters. The van der Waals surface area contributed by atoms with Gasteiger partial charge in [-0.05, 0) is 120 Å². The first kappa shape index (κ1) is 27.5. The molecule has 4 aromatic rings. The van der Waals surface area contributed by atoms with E-state index in [0.717, 1.165) is 25.7 Å². The standard InChI is InChI=1S/C40H42O/c1-3-15-35-25-31-21-11-13-23-33(31)27-37(35)39(29-17-7-5-8-18-29)41-40(30-19-9-6-10-20-30)38-28-34-24-14-12-22-32(34)26-36(38)16-4-2/h3-10,17-20,25-28,39-40H,1-2,11-16,21-24H2. The van der Waals surface area contributed by atoms with Crippen molar-refractivity contribution in [2.45, 2.75) is 76.4 Å². The summed E-state index contributed by atoms with van der Waals surface area (Å²) in [5.41, 5.74) is 13.6. The average Bonchev–Trinajstić information content (AvgIpc) is 3.02. The maximum absolute atomic E-state index is 7.48. The Kier molecular flexibility index (Phi) is 8.63. The number of rotatable bonds is 10. The molecule has 6 rings (SSSR count). The van der Waals surface area contributed by atoms with Crippen LogP contribution in [0.4, 0.5) is 0 Å². The normalized spacial score (nSPS) is 15.8. The van der Waals surface area contributed by atoms with Crippen LogP contribution in [0, 0.1) is 0 Å². The smallest absolute Gasteiger partial charge is 0.109 e. The fourth-order valence-corrected chi connectivity index (χ4v) is 6.92. The van der Waals surface area contributed by atoms with E-state index in [1.165, 1.54) is 94.2 Å². The van der Waals surface area contributed by atoms with Gasteiger partial charge in [-0.15, -0.1) is 13.2 Å². The molecular weight excluding hydrogens is 496 g/mol. The third kappa shape index (κ3) is 6.02. The molecule has 0 saturated heterocycles. The van der Waals surface area contributed by atoms with Gasteiger partial charge in [0.1, 0.15) is 12.2 Å². The molecule has 0 aromatic heterocycles.